The Morgan fingerprint density at radius 2 is 2.27 bits per heavy atom. The summed E-state index contributed by atoms with van der Waals surface area (Å²) in [7, 11) is 0. The van der Waals surface area contributed by atoms with Gasteiger partial charge in [-0.2, -0.15) is 0 Å². The number of aliphatic imine (C=N–C) groups is 1. The molecule has 0 radical (unpaired) electrons. The van der Waals surface area contributed by atoms with E-state index >= 15 is 0 Å². The van der Waals surface area contributed by atoms with Crippen molar-refractivity contribution in [3.8, 4) is 0 Å². The lowest BCUT2D eigenvalue weighted by atomic mass is 10.4. The first-order chi connectivity index (χ1) is 4.91. The lowest BCUT2D eigenvalue weighted by molar-refractivity contribution is -0.116. The number of rotatable bonds is 1. The number of halogens is 3. The molecule has 1 aliphatic rings. The smallest absolute Gasteiger partial charge is 0.263 e. The fourth-order valence-corrected chi connectivity index (χ4v) is 2.37. The van der Waals surface area contributed by atoms with Crippen molar-refractivity contribution in [1.82, 2.24) is 0 Å². The van der Waals surface area contributed by atoms with Crippen LogP contribution in [-0.4, -0.2) is 19.4 Å². The summed E-state index contributed by atoms with van der Waals surface area (Å²) in [5.74, 6) is -0.283. The van der Waals surface area contributed by atoms with Crippen LogP contribution in [0.15, 0.2) is 4.99 Å². The molecule has 0 N–H and O–H groups in total. The fraction of sp³-hybridized carbons (Fsp3) is 0.600. The largest absolute Gasteiger partial charge is 0.271 e. The van der Waals surface area contributed by atoms with Gasteiger partial charge in [-0.3, -0.25) is 4.79 Å². The van der Waals surface area contributed by atoms with Gasteiger partial charge in [0.25, 0.3) is 5.91 Å². The van der Waals surface area contributed by atoms with Crippen molar-refractivity contribution < 1.29 is 4.79 Å². The van der Waals surface area contributed by atoms with Crippen molar-refractivity contribution >= 4 is 61.8 Å². The Labute approximate surface area is 86.8 Å². The molecule has 1 amide bonds. The topological polar surface area (TPSA) is 29.4 Å². The lowest BCUT2D eigenvalue weighted by Crippen LogP contribution is -2.26. The van der Waals surface area contributed by atoms with Crippen LogP contribution in [0.1, 0.15) is 6.92 Å². The van der Waals surface area contributed by atoms with E-state index in [9.17, 15) is 4.79 Å². The Balaban J connectivity index is 2.75. The van der Waals surface area contributed by atoms with Crippen LogP contribution in [0.3, 0.4) is 0 Å². The van der Waals surface area contributed by atoms with Crippen LogP contribution < -0.4 is 0 Å². The fourth-order valence-electron chi connectivity index (χ4n) is 0.668. The molecule has 0 bridgehead atoms. The molecule has 0 aromatic carbocycles. The van der Waals surface area contributed by atoms with Crippen molar-refractivity contribution in [2.45, 2.75) is 15.4 Å². The summed E-state index contributed by atoms with van der Waals surface area (Å²) in [6.45, 7) is 1.75. The quantitative estimate of drug-likeness (QED) is 0.689. The first-order valence-electron chi connectivity index (χ1n) is 2.74. The molecule has 1 aliphatic heterocycles. The van der Waals surface area contributed by atoms with Gasteiger partial charge in [0, 0.05) is 0 Å². The maximum atomic E-state index is 11.0. The minimum atomic E-state index is -1.21. The van der Waals surface area contributed by atoms with Gasteiger partial charge in [-0.25, -0.2) is 4.99 Å². The zero-order valence-corrected chi connectivity index (χ0v) is 9.39. The van der Waals surface area contributed by atoms with E-state index in [1.807, 2.05) is 0 Å². The van der Waals surface area contributed by atoms with Crippen molar-refractivity contribution in [2.75, 3.05) is 0 Å². The van der Waals surface area contributed by atoms with Crippen LogP contribution in [0.25, 0.3) is 0 Å². The number of amides is 1. The molecule has 62 valence electrons. The molecular formula is C5H4BrCl2NOS. The van der Waals surface area contributed by atoms with Crippen LogP contribution in [-0.2, 0) is 4.79 Å². The average molecular weight is 277 g/mol. The molecule has 0 spiro atoms. The first-order valence-corrected chi connectivity index (χ1v) is 5.16. The average Bonchev–Trinajstić information content (AvgIpc) is 2.08. The van der Waals surface area contributed by atoms with E-state index in [2.05, 4.69) is 20.9 Å². The summed E-state index contributed by atoms with van der Waals surface area (Å²) in [4.78, 5) is 14.7. The molecule has 1 unspecified atom stereocenters. The van der Waals surface area contributed by atoms with Gasteiger partial charge in [-0.1, -0.05) is 35.0 Å². The van der Waals surface area contributed by atoms with E-state index < -0.39 is 8.49 Å². The number of carbonyl (C=O) groups excluding carboxylic acids is 1. The van der Waals surface area contributed by atoms with Gasteiger partial charge in [-0.05, 0) is 22.9 Å². The summed E-state index contributed by atoms with van der Waals surface area (Å²) in [6, 6.07) is 0. The maximum absolute atomic E-state index is 11.0. The predicted octanol–water partition coefficient (Wildman–Crippen LogP) is 2.57. The second kappa shape index (κ2) is 3.24. The summed E-state index contributed by atoms with van der Waals surface area (Å²) < 4.78 is -1.21. The SMILES string of the molecule is CC1=NC(=O)C(C(Cl)(Cl)Br)S1. The normalized spacial score (nSPS) is 25.6. The number of hydrogen-bond donors (Lipinski definition) is 0. The number of alkyl halides is 3. The zero-order valence-electron chi connectivity index (χ0n) is 5.47. The number of hydrogen-bond acceptors (Lipinski definition) is 2. The summed E-state index contributed by atoms with van der Waals surface area (Å²) in [6.07, 6.45) is 0. The van der Waals surface area contributed by atoms with Gasteiger partial charge in [0.1, 0.15) is 5.25 Å². The van der Waals surface area contributed by atoms with Crippen LogP contribution in [0.4, 0.5) is 0 Å². The highest BCUT2D eigenvalue weighted by molar-refractivity contribution is 9.11. The first kappa shape index (κ1) is 9.84. The van der Waals surface area contributed by atoms with Gasteiger partial charge in [-0.15, -0.1) is 0 Å². The van der Waals surface area contributed by atoms with Crippen molar-refractivity contribution in [1.29, 1.82) is 0 Å². The Bertz CT molecular complexity index is 225. The Kier molecular flexibility index (Phi) is 2.90. The molecule has 1 atom stereocenters. The number of carbonyl (C=O) groups is 1. The number of nitrogens with zero attached hydrogens (tertiary/aromatic N) is 1. The molecule has 0 aliphatic carbocycles. The zero-order chi connectivity index (χ0) is 8.65. The van der Waals surface area contributed by atoms with Gasteiger partial charge in [0.2, 0.25) is 0 Å². The molecule has 0 aromatic heterocycles. The van der Waals surface area contributed by atoms with E-state index in [4.69, 9.17) is 23.2 Å². The molecule has 0 saturated carbocycles. The van der Waals surface area contributed by atoms with Crippen LogP contribution in [0, 0.1) is 0 Å². The van der Waals surface area contributed by atoms with E-state index in [1.165, 1.54) is 11.8 Å². The Hall–Kier alpha value is 0.750. The molecule has 0 saturated heterocycles. The monoisotopic (exact) mass is 275 g/mol. The molecule has 11 heavy (non-hydrogen) atoms. The summed E-state index contributed by atoms with van der Waals surface area (Å²) in [5, 5.41) is 0.177. The minimum Gasteiger partial charge on any atom is -0.271 e. The van der Waals surface area contributed by atoms with Crippen molar-refractivity contribution in [2.24, 2.45) is 4.99 Å². The Morgan fingerprint density at radius 3 is 2.45 bits per heavy atom. The standard InChI is InChI=1S/C5H4BrCl2NOS/c1-2-9-4(10)3(11-2)5(6,7)8/h3H,1H3. The highest BCUT2D eigenvalue weighted by Gasteiger charge is 2.42. The third-order valence-electron chi connectivity index (χ3n) is 1.08. The highest BCUT2D eigenvalue weighted by Crippen LogP contribution is 2.42. The predicted molar refractivity (Wildman–Crippen MR) is 52.9 cm³/mol. The molecule has 1 heterocycles. The number of thioether (sulfide) groups is 1. The highest BCUT2D eigenvalue weighted by atomic mass is 79.9. The van der Waals surface area contributed by atoms with Crippen molar-refractivity contribution in [3.05, 3.63) is 0 Å². The molecule has 6 heteroatoms. The van der Waals surface area contributed by atoms with E-state index in [-0.39, 0.29) is 5.91 Å². The Morgan fingerprint density at radius 1 is 1.73 bits per heavy atom. The van der Waals surface area contributed by atoms with Gasteiger partial charge in [0.15, 0.2) is 3.24 Å². The maximum Gasteiger partial charge on any atom is 0.263 e. The van der Waals surface area contributed by atoms with E-state index in [0.29, 0.717) is 5.04 Å². The third kappa shape index (κ3) is 2.34. The van der Waals surface area contributed by atoms with Crippen molar-refractivity contribution in [3.63, 3.8) is 0 Å². The van der Waals surface area contributed by atoms with Crippen LogP contribution in [0.2, 0.25) is 0 Å². The third-order valence-corrected chi connectivity index (χ3v) is 3.76. The van der Waals surface area contributed by atoms with Crippen LogP contribution in [0.5, 0.6) is 0 Å². The van der Waals surface area contributed by atoms with E-state index in [1.54, 1.807) is 6.92 Å². The summed E-state index contributed by atoms with van der Waals surface area (Å²) in [5.41, 5.74) is 0. The molecular weight excluding hydrogens is 273 g/mol. The molecule has 0 aromatic rings. The lowest BCUT2D eigenvalue weighted by Gasteiger charge is -2.15. The minimum absolute atomic E-state index is 0.283. The van der Waals surface area contributed by atoms with E-state index in [0.717, 1.165) is 0 Å². The second-order valence-corrected chi connectivity index (χ2v) is 6.86. The molecule has 1 rings (SSSR count). The molecule has 0 fully saturated rings. The summed E-state index contributed by atoms with van der Waals surface area (Å²) >= 11 is 15.6. The van der Waals surface area contributed by atoms with Crippen LogP contribution >= 0.6 is 50.9 Å². The second-order valence-electron chi connectivity index (χ2n) is 2.01. The molecule has 2 nitrogen and oxygen atoms in total. The van der Waals surface area contributed by atoms with Gasteiger partial charge >= 0.3 is 0 Å². The van der Waals surface area contributed by atoms with Gasteiger partial charge in [0.05, 0.1) is 5.04 Å². The van der Waals surface area contributed by atoms with Gasteiger partial charge < -0.3 is 0 Å².